The van der Waals surface area contributed by atoms with Crippen molar-refractivity contribution in [1.82, 2.24) is 4.57 Å². The van der Waals surface area contributed by atoms with E-state index in [-0.39, 0.29) is 0 Å². The molecule has 1 heterocycles. The Labute approximate surface area is 169 Å². The highest BCUT2D eigenvalue weighted by molar-refractivity contribution is 6.07. The van der Waals surface area contributed by atoms with Crippen molar-refractivity contribution in [3.05, 3.63) is 78.4 Å². The van der Waals surface area contributed by atoms with E-state index in [0.717, 1.165) is 17.9 Å². The maximum atomic E-state index is 11.1. The van der Waals surface area contributed by atoms with Gasteiger partial charge in [0, 0.05) is 35.3 Å². The lowest BCUT2D eigenvalue weighted by molar-refractivity contribution is -0.148. The van der Waals surface area contributed by atoms with E-state index in [4.69, 9.17) is 14.6 Å². The molecule has 0 radical (unpaired) electrons. The Morgan fingerprint density at radius 2 is 1.52 bits per heavy atom. The number of fused-ring (bicyclic) bond motifs is 3. The molecule has 0 saturated heterocycles. The third-order valence-electron chi connectivity index (χ3n) is 5.17. The minimum atomic E-state index is -0.959. The molecule has 0 aliphatic carbocycles. The zero-order valence-corrected chi connectivity index (χ0v) is 16.2. The molecule has 0 bridgehead atoms. The van der Waals surface area contributed by atoms with Crippen LogP contribution in [0.25, 0.3) is 21.8 Å². The lowest BCUT2D eigenvalue weighted by atomic mass is 10.1. The van der Waals surface area contributed by atoms with Gasteiger partial charge >= 0.3 is 5.97 Å². The number of rotatable bonds is 8. The van der Waals surface area contributed by atoms with Gasteiger partial charge < -0.3 is 19.1 Å². The number of methoxy groups -OCH3 is 1. The standard InChI is InChI=1S/C24H23NO4/c1-28-23(24(26)27)16-17-10-12-18(13-11-17)29-15-14-25-21-8-4-2-6-19(21)20-7-3-5-9-22(20)25/h2-13,23H,14-16H2,1H3,(H,26,27)/t23-/m0/s1. The first-order chi connectivity index (χ1) is 14.2. The number of hydrogen-bond donors (Lipinski definition) is 1. The van der Waals surface area contributed by atoms with Crippen LogP contribution < -0.4 is 4.74 Å². The fourth-order valence-corrected chi connectivity index (χ4v) is 3.71. The summed E-state index contributed by atoms with van der Waals surface area (Å²) in [5.41, 5.74) is 3.30. The topological polar surface area (TPSA) is 60.7 Å². The van der Waals surface area contributed by atoms with Crippen molar-refractivity contribution in [2.45, 2.75) is 19.1 Å². The number of para-hydroxylation sites is 2. The Morgan fingerprint density at radius 3 is 2.07 bits per heavy atom. The van der Waals surface area contributed by atoms with Gasteiger partial charge in [-0.25, -0.2) is 4.79 Å². The van der Waals surface area contributed by atoms with E-state index < -0.39 is 12.1 Å². The Morgan fingerprint density at radius 1 is 0.931 bits per heavy atom. The number of carboxylic acids is 1. The van der Waals surface area contributed by atoms with E-state index >= 15 is 0 Å². The number of nitrogens with zero attached hydrogens (tertiary/aromatic N) is 1. The molecule has 0 saturated carbocycles. The molecule has 29 heavy (non-hydrogen) atoms. The summed E-state index contributed by atoms with van der Waals surface area (Å²) in [6.07, 6.45) is -0.509. The van der Waals surface area contributed by atoms with Crippen molar-refractivity contribution in [2.24, 2.45) is 0 Å². The van der Waals surface area contributed by atoms with E-state index in [1.165, 1.54) is 28.9 Å². The van der Waals surface area contributed by atoms with Crippen molar-refractivity contribution in [1.29, 1.82) is 0 Å². The molecule has 3 aromatic carbocycles. The summed E-state index contributed by atoms with van der Waals surface area (Å²) in [4.78, 5) is 11.1. The molecule has 1 aromatic heterocycles. The highest BCUT2D eigenvalue weighted by Crippen LogP contribution is 2.28. The second kappa shape index (κ2) is 8.37. The number of carboxylic acid groups (broad SMARTS) is 1. The summed E-state index contributed by atoms with van der Waals surface area (Å²) >= 11 is 0. The van der Waals surface area contributed by atoms with Crippen LogP contribution in [0, 0.1) is 0 Å². The Balaban J connectivity index is 1.45. The highest BCUT2D eigenvalue weighted by Gasteiger charge is 2.16. The largest absolute Gasteiger partial charge is 0.492 e. The minimum absolute atomic E-state index is 0.327. The van der Waals surface area contributed by atoms with E-state index in [2.05, 4.69) is 53.1 Å². The molecular formula is C24H23NO4. The van der Waals surface area contributed by atoms with Crippen LogP contribution in [0.4, 0.5) is 0 Å². The molecular weight excluding hydrogens is 366 g/mol. The smallest absolute Gasteiger partial charge is 0.333 e. The van der Waals surface area contributed by atoms with Gasteiger partial charge in [-0.1, -0.05) is 48.5 Å². The zero-order valence-electron chi connectivity index (χ0n) is 16.2. The average Bonchev–Trinajstić information content (AvgIpc) is 3.07. The van der Waals surface area contributed by atoms with Crippen LogP contribution in [-0.4, -0.2) is 35.5 Å². The SMILES string of the molecule is CO[C@@H](Cc1ccc(OCCn2c3ccccc3c3ccccc32)cc1)C(=O)O. The van der Waals surface area contributed by atoms with Crippen molar-refractivity contribution < 1.29 is 19.4 Å². The van der Waals surface area contributed by atoms with Gasteiger partial charge in [-0.2, -0.15) is 0 Å². The van der Waals surface area contributed by atoms with Crippen molar-refractivity contribution >= 4 is 27.8 Å². The maximum absolute atomic E-state index is 11.1. The Kier molecular flexibility index (Phi) is 5.49. The van der Waals surface area contributed by atoms with Gasteiger partial charge in [0.25, 0.3) is 0 Å². The first-order valence-electron chi connectivity index (χ1n) is 9.60. The molecule has 0 spiro atoms. The molecule has 4 rings (SSSR count). The van der Waals surface area contributed by atoms with Crippen LogP contribution in [-0.2, 0) is 22.5 Å². The summed E-state index contributed by atoms with van der Waals surface area (Å²) in [5, 5.41) is 11.6. The second-order valence-corrected chi connectivity index (χ2v) is 6.95. The van der Waals surface area contributed by atoms with Crippen LogP contribution in [0.3, 0.4) is 0 Å². The van der Waals surface area contributed by atoms with Gasteiger partial charge in [-0.05, 0) is 29.8 Å². The predicted molar refractivity (Wildman–Crippen MR) is 114 cm³/mol. The Bertz CT molecular complexity index is 1080. The fourth-order valence-electron chi connectivity index (χ4n) is 3.71. The van der Waals surface area contributed by atoms with Gasteiger partial charge in [0.2, 0.25) is 0 Å². The van der Waals surface area contributed by atoms with Crippen LogP contribution in [0.2, 0.25) is 0 Å². The molecule has 0 fully saturated rings. The van der Waals surface area contributed by atoms with Crippen LogP contribution in [0.1, 0.15) is 5.56 Å². The second-order valence-electron chi connectivity index (χ2n) is 6.95. The third kappa shape index (κ3) is 3.96. The maximum Gasteiger partial charge on any atom is 0.333 e. The van der Waals surface area contributed by atoms with Crippen molar-refractivity contribution in [2.75, 3.05) is 13.7 Å². The fraction of sp³-hybridized carbons (Fsp3) is 0.208. The van der Waals surface area contributed by atoms with Crippen LogP contribution >= 0.6 is 0 Å². The van der Waals surface area contributed by atoms with E-state index in [1.807, 2.05) is 24.3 Å². The molecule has 1 N–H and O–H groups in total. The molecule has 0 aliphatic rings. The van der Waals surface area contributed by atoms with Crippen molar-refractivity contribution in [3.8, 4) is 5.75 Å². The number of aromatic nitrogens is 1. The minimum Gasteiger partial charge on any atom is -0.492 e. The first kappa shape index (κ1) is 19.0. The first-order valence-corrected chi connectivity index (χ1v) is 9.60. The van der Waals surface area contributed by atoms with Gasteiger partial charge in [-0.3, -0.25) is 0 Å². The predicted octanol–water partition coefficient (Wildman–Crippen LogP) is 4.52. The number of benzene rings is 3. The summed E-state index contributed by atoms with van der Waals surface area (Å²) in [7, 11) is 1.41. The molecule has 0 aliphatic heterocycles. The molecule has 148 valence electrons. The lowest BCUT2D eigenvalue weighted by Crippen LogP contribution is -2.24. The van der Waals surface area contributed by atoms with Gasteiger partial charge in [0.15, 0.2) is 6.10 Å². The van der Waals surface area contributed by atoms with Gasteiger partial charge in [0.1, 0.15) is 12.4 Å². The number of hydrogen-bond acceptors (Lipinski definition) is 3. The monoisotopic (exact) mass is 389 g/mol. The van der Waals surface area contributed by atoms with Crippen LogP contribution in [0.15, 0.2) is 72.8 Å². The molecule has 5 nitrogen and oxygen atoms in total. The van der Waals surface area contributed by atoms with Crippen molar-refractivity contribution in [3.63, 3.8) is 0 Å². The average molecular weight is 389 g/mol. The lowest BCUT2D eigenvalue weighted by Gasteiger charge is -2.12. The number of carbonyl (C=O) groups is 1. The highest BCUT2D eigenvalue weighted by atomic mass is 16.5. The molecule has 0 unspecified atom stereocenters. The Hall–Kier alpha value is -3.31. The zero-order chi connectivity index (χ0) is 20.2. The summed E-state index contributed by atoms with van der Waals surface area (Å²) in [5.74, 6) is -0.196. The third-order valence-corrected chi connectivity index (χ3v) is 5.17. The molecule has 1 atom stereocenters. The van der Waals surface area contributed by atoms with Crippen LogP contribution in [0.5, 0.6) is 5.75 Å². The summed E-state index contributed by atoms with van der Waals surface area (Å²) in [6, 6.07) is 24.3. The van der Waals surface area contributed by atoms with Gasteiger partial charge in [-0.15, -0.1) is 0 Å². The molecule has 0 amide bonds. The number of aliphatic carboxylic acids is 1. The van der Waals surface area contributed by atoms with E-state index in [0.29, 0.717) is 13.0 Å². The normalized spacial score (nSPS) is 12.3. The summed E-state index contributed by atoms with van der Waals surface area (Å²) in [6.45, 7) is 1.28. The number of ether oxygens (including phenoxy) is 2. The summed E-state index contributed by atoms with van der Waals surface area (Å²) < 4.78 is 13.2. The quantitative estimate of drug-likeness (QED) is 0.481. The van der Waals surface area contributed by atoms with Gasteiger partial charge in [0.05, 0.1) is 6.54 Å². The molecule has 4 aromatic rings. The van der Waals surface area contributed by atoms with E-state index in [9.17, 15) is 4.79 Å². The van der Waals surface area contributed by atoms with E-state index in [1.54, 1.807) is 0 Å². The molecule has 5 heteroatoms.